The second-order valence-electron chi connectivity index (χ2n) is 3.67. The minimum Gasteiger partial charge on any atom is -0.497 e. The van der Waals surface area contributed by atoms with Gasteiger partial charge in [-0.1, -0.05) is 0 Å². The molecule has 1 aromatic carbocycles. The van der Waals surface area contributed by atoms with E-state index in [2.05, 4.69) is 15.2 Å². The van der Waals surface area contributed by atoms with E-state index in [1.54, 1.807) is 18.4 Å². The van der Waals surface area contributed by atoms with Gasteiger partial charge < -0.3 is 4.74 Å². The fraction of sp³-hybridized carbons (Fsp3) is 0.0833. The van der Waals surface area contributed by atoms with E-state index < -0.39 is 0 Å². The molecule has 0 aliphatic carbocycles. The maximum atomic E-state index is 5.14. The molecule has 3 rings (SSSR count). The Morgan fingerprint density at radius 3 is 2.78 bits per heavy atom. The molecule has 3 aromatic rings. The molecule has 0 fully saturated rings. The number of nitrogens with one attached hydrogen (secondary N) is 1. The van der Waals surface area contributed by atoms with E-state index >= 15 is 0 Å². The highest BCUT2D eigenvalue weighted by Gasteiger charge is 2.06. The Morgan fingerprint density at radius 2 is 2.06 bits per heavy atom. The number of ether oxygens (including phenoxy) is 1. The largest absolute Gasteiger partial charge is 0.497 e. The SMILES string of the molecule is COc1ccc(-c2cc3n[nH]c(=S)nc3s2)cc1. The lowest BCUT2D eigenvalue weighted by atomic mass is 10.2. The summed E-state index contributed by atoms with van der Waals surface area (Å²) < 4.78 is 5.55. The summed E-state index contributed by atoms with van der Waals surface area (Å²) in [6, 6.07) is 9.90. The third-order valence-corrected chi connectivity index (χ3v) is 3.79. The molecule has 90 valence electrons. The van der Waals surface area contributed by atoms with E-state index in [-0.39, 0.29) is 0 Å². The van der Waals surface area contributed by atoms with Crippen LogP contribution in [0.3, 0.4) is 0 Å². The van der Waals surface area contributed by atoms with E-state index in [4.69, 9.17) is 17.0 Å². The normalized spacial score (nSPS) is 10.7. The summed E-state index contributed by atoms with van der Waals surface area (Å²) in [5.74, 6) is 0.845. The number of hydrogen-bond acceptors (Lipinski definition) is 5. The lowest BCUT2D eigenvalue weighted by Gasteiger charge is -2.00. The van der Waals surface area contributed by atoms with E-state index in [0.717, 1.165) is 26.5 Å². The number of H-pyrrole nitrogens is 1. The molecule has 0 radical (unpaired) electrons. The third-order valence-electron chi connectivity index (χ3n) is 2.54. The summed E-state index contributed by atoms with van der Waals surface area (Å²) >= 11 is 6.54. The topological polar surface area (TPSA) is 50.8 Å². The zero-order valence-corrected chi connectivity index (χ0v) is 11.1. The van der Waals surface area contributed by atoms with Crippen molar-refractivity contribution in [1.29, 1.82) is 0 Å². The quantitative estimate of drug-likeness (QED) is 0.728. The van der Waals surface area contributed by atoms with Gasteiger partial charge in [-0.15, -0.1) is 11.3 Å². The summed E-state index contributed by atoms with van der Waals surface area (Å²) in [6.45, 7) is 0. The van der Waals surface area contributed by atoms with Crippen molar-refractivity contribution in [1.82, 2.24) is 15.2 Å². The molecule has 0 amide bonds. The van der Waals surface area contributed by atoms with E-state index in [0.29, 0.717) is 4.77 Å². The Balaban J connectivity index is 2.10. The molecule has 18 heavy (non-hydrogen) atoms. The van der Waals surface area contributed by atoms with Gasteiger partial charge in [-0.25, -0.2) is 4.98 Å². The second kappa shape index (κ2) is 4.47. The van der Waals surface area contributed by atoms with Crippen LogP contribution in [0.25, 0.3) is 20.8 Å². The summed E-state index contributed by atoms with van der Waals surface area (Å²) in [5, 5.41) is 6.85. The van der Waals surface area contributed by atoms with Crippen LogP contribution in [0.2, 0.25) is 0 Å². The van der Waals surface area contributed by atoms with Gasteiger partial charge in [0.25, 0.3) is 0 Å². The number of thiophene rings is 1. The van der Waals surface area contributed by atoms with Gasteiger partial charge in [-0.3, -0.25) is 5.10 Å². The van der Waals surface area contributed by atoms with Gasteiger partial charge in [0.05, 0.1) is 7.11 Å². The smallest absolute Gasteiger partial charge is 0.214 e. The number of aromatic amines is 1. The molecule has 0 spiro atoms. The van der Waals surface area contributed by atoms with Crippen LogP contribution >= 0.6 is 23.6 Å². The zero-order valence-electron chi connectivity index (χ0n) is 9.51. The molecule has 1 N–H and O–H groups in total. The van der Waals surface area contributed by atoms with Crippen LogP contribution < -0.4 is 4.74 Å². The fourth-order valence-electron chi connectivity index (χ4n) is 1.65. The summed E-state index contributed by atoms with van der Waals surface area (Å²) in [4.78, 5) is 6.21. The Bertz CT molecular complexity index is 746. The van der Waals surface area contributed by atoms with Gasteiger partial charge in [0.15, 0.2) is 0 Å². The lowest BCUT2D eigenvalue weighted by Crippen LogP contribution is -1.83. The number of benzene rings is 1. The molecule has 2 heterocycles. The monoisotopic (exact) mass is 275 g/mol. The van der Waals surface area contributed by atoms with E-state index in [1.165, 1.54) is 0 Å². The van der Waals surface area contributed by atoms with Crippen molar-refractivity contribution in [3.63, 3.8) is 0 Å². The first-order chi connectivity index (χ1) is 8.76. The van der Waals surface area contributed by atoms with Gasteiger partial charge in [0, 0.05) is 4.88 Å². The first-order valence-corrected chi connectivity index (χ1v) is 6.49. The van der Waals surface area contributed by atoms with Gasteiger partial charge in [-0.2, -0.15) is 5.10 Å². The van der Waals surface area contributed by atoms with Crippen molar-refractivity contribution in [2.75, 3.05) is 7.11 Å². The highest BCUT2D eigenvalue weighted by molar-refractivity contribution is 7.71. The standard InChI is InChI=1S/C12H9N3OS2/c1-16-8-4-2-7(3-5-8)10-6-9-11(18-10)13-12(17)15-14-9/h2-6H,1H3,(H,13,15,17). The number of nitrogens with zero attached hydrogens (tertiary/aromatic N) is 2. The van der Waals surface area contributed by atoms with Crippen LogP contribution in [0.15, 0.2) is 30.3 Å². The molecule has 0 atom stereocenters. The molecular weight excluding hydrogens is 266 g/mol. The van der Waals surface area contributed by atoms with Gasteiger partial charge in [0.1, 0.15) is 16.1 Å². The fourth-order valence-corrected chi connectivity index (χ4v) is 2.83. The predicted molar refractivity (Wildman–Crippen MR) is 74.6 cm³/mol. The Morgan fingerprint density at radius 1 is 1.28 bits per heavy atom. The molecule has 0 unspecified atom stereocenters. The van der Waals surface area contributed by atoms with Crippen LogP contribution in [0, 0.1) is 4.77 Å². The minimum absolute atomic E-state index is 0.408. The average molecular weight is 275 g/mol. The molecule has 0 bridgehead atoms. The molecule has 2 aromatic heterocycles. The average Bonchev–Trinajstić information content (AvgIpc) is 2.81. The summed E-state index contributed by atoms with van der Waals surface area (Å²) in [6.07, 6.45) is 0. The summed E-state index contributed by atoms with van der Waals surface area (Å²) in [7, 11) is 1.66. The van der Waals surface area contributed by atoms with Crippen LogP contribution in [-0.4, -0.2) is 22.3 Å². The molecule has 0 saturated carbocycles. The van der Waals surface area contributed by atoms with Crippen molar-refractivity contribution in [2.45, 2.75) is 0 Å². The van der Waals surface area contributed by atoms with Crippen LogP contribution in [-0.2, 0) is 0 Å². The van der Waals surface area contributed by atoms with Crippen LogP contribution in [0.1, 0.15) is 0 Å². The Hall–Kier alpha value is -1.79. The number of aromatic nitrogens is 3. The predicted octanol–water partition coefficient (Wildman–Crippen LogP) is 3.42. The maximum absolute atomic E-state index is 5.14. The van der Waals surface area contributed by atoms with Crippen molar-refractivity contribution in [2.24, 2.45) is 0 Å². The zero-order chi connectivity index (χ0) is 12.5. The Kier molecular flexibility index (Phi) is 2.81. The van der Waals surface area contributed by atoms with Gasteiger partial charge in [-0.05, 0) is 48.1 Å². The van der Waals surface area contributed by atoms with Crippen molar-refractivity contribution < 1.29 is 4.74 Å². The van der Waals surface area contributed by atoms with Gasteiger partial charge >= 0.3 is 0 Å². The third kappa shape index (κ3) is 2.00. The minimum atomic E-state index is 0.408. The second-order valence-corrected chi connectivity index (χ2v) is 5.09. The molecule has 0 aliphatic heterocycles. The molecule has 0 saturated heterocycles. The molecule has 6 heteroatoms. The number of rotatable bonds is 2. The molecule has 4 nitrogen and oxygen atoms in total. The molecule has 0 aliphatic rings. The van der Waals surface area contributed by atoms with Crippen LogP contribution in [0.5, 0.6) is 5.75 Å². The van der Waals surface area contributed by atoms with Crippen molar-refractivity contribution in [3.8, 4) is 16.2 Å². The number of methoxy groups -OCH3 is 1. The van der Waals surface area contributed by atoms with E-state index in [9.17, 15) is 0 Å². The van der Waals surface area contributed by atoms with Gasteiger partial charge in [0.2, 0.25) is 4.77 Å². The van der Waals surface area contributed by atoms with E-state index in [1.807, 2.05) is 30.3 Å². The summed E-state index contributed by atoms with van der Waals surface area (Å²) in [5.41, 5.74) is 1.95. The highest BCUT2D eigenvalue weighted by atomic mass is 32.1. The first-order valence-electron chi connectivity index (χ1n) is 5.27. The highest BCUT2D eigenvalue weighted by Crippen LogP contribution is 2.31. The Labute approximate surface area is 112 Å². The molecular formula is C12H9N3OS2. The van der Waals surface area contributed by atoms with Crippen LogP contribution in [0.4, 0.5) is 0 Å². The number of hydrogen-bond donors (Lipinski definition) is 1. The number of fused-ring (bicyclic) bond motifs is 1. The van der Waals surface area contributed by atoms with Crippen molar-refractivity contribution >= 4 is 33.9 Å². The first kappa shape index (κ1) is 11.3. The van der Waals surface area contributed by atoms with Crippen molar-refractivity contribution in [3.05, 3.63) is 35.1 Å². The maximum Gasteiger partial charge on any atom is 0.214 e. The lowest BCUT2D eigenvalue weighted by molar-refractivity contribution is 0.415.